The van der Waals surface area contributed by atoms with E-state index in [0.29, 0.717) is 30.2 Å². The quantitative estimate of drug-likeness (QED) is 0.667. The van der Waals surface area contributed by atoms with Gasteiger partial charge in [0.2, 0.25) is 11.8 Å². The Morgan fingerprint density at radius 1 is 1.21 bits per heavy atom. The van der Waals surface area contributed by atoms with Crippen LogP contribution in [0.1, 0.15) is 26.7 Å². The summed E-state index contributed by atoms with van der Waals surface area (Å²) < 4.78 is 9.93. The Kier molecular flexibility index (Phi) is 7.36. The second-order valence-corrected chi connectivity index (χ2v) is 6.14. The van der Waals surface area contributed by atoms with E-state index in [4.69, 9.17) is 4.74 Å². The summed E-state index contributed by atoms with van der Waals surface area (Å²) in [4.78, 5) is 50.9. The predicted octanol–water partition coefficient (Wildman–Crippen LogP) is 1.17. The Labute approximate surface area is 163 Å². The molecular weight excluding hydrogens is 366 g/mol. The number of hydrogen-bond donors (Lipinski definition) is 1. The van der Waals surface area contributed by atoms with Crippen LogP contribution in [0.3, 0.4) is 0 Å². The van der Waals surface area contributed by atoms with E-state index in [2.05, 4.69) is 10.1 Å². The fraction of sp³-hybridized carbons (Fsp3) is 0.474. The van der Waals surface area contributed by atoms with Gasteiger partial charge in [0.15, 0.2) is 6.61 Å². The lowest BCUT2D eigenvalue weighted by atomic mass is 10.2. The average molecular weight is 391 g/mol. The molecule has 1 heterocycles. The van der Waals surface area contributed by atoms with Crippen LogP contribution < -0.4 is 15.0 Å². The van der Waals surface area contributed by atoms with Crippen molar-refractivity contribution in [3.05, 3.63) is 18.2 Å². The van der Waals surface area contributed by atoms with Crippen molar-refractivity contribution in [2.45, 2.75) is 26.7 Å². The van der Waals surface area contributed by atoms with Gasteiger partial charge < -0.3 is 19.7 Å². The van der Waals surface area contributed by atoms with Crippen molar-refractivity contribution in [3.8, 4) is 5.75 Å². The van der Waals surface area contributed by atoms with Gasteiger partial charge in [-0.1, -0.05) is 0 Å². The Bertz CT molecular complexity index is 760. The zero-order valence-corrected chi connectivity index (χ0v) is 16.3. The Hall–Kier alpha value is -3.10. The first-order valence-corrected chi connectivity index (χ1v) is 9.11. The van der Waals surface area contributed by atoms with Crippen LogP contribution in [0.15, 0.2) is 18.2 Å². The van der Waals surface area contributed by atoms with Gasteiger partial charge in [-0.25, -0.2) is 0 Å². The molecule has 0 aliphatic carbocycles. The highest BCUT2D eigenvalue weighted by molar-refractivity contribution is 6.03. The van der Waals surface area contributed by atoms with Crippen molar-refractivity contribution in [2.24, 2.45) is 0 Å². The first kappa shape index (κ1) is 21.2. The number of carbonyl (C=O) groups is 4. The van der Waals surface area contributed by atoms with Gasteiger partial charge in [-0.2, -0.15) is 0 Å². The molecule has 0 radical (unpaired) electrons. The fourth-order valence-electron chi connectivity index (χ4n) is 2.81. The zero-order chi connectivity index (χ0) is 20.7. The Morgan fingerprint density at radius 3 is 2.57 bits per heavy atom. The number of ether oxygens (including phenoxy) is 2. The molecule has 0 bridgehead atoms. The Morgan fingerprint density at radius 2 is 1.93 bits per heavy atom. The van der Waals surface area contributed by atoms with Crippen LogP contribution in [0, 0.1) is 0 Å². The van der Waals surface area contributed by atoms with E-state index in [9.17, 15) is 19.2 Å². The number of methoxy groups -OCH3 is 1. The van der Waals surface area contributed by atoms with Gasteiger partial charge >= 0.3 is 5.97 Å². The van der Waals surface area contributed by atoms with Crippen molar-refractivity contribution < 1.29 is 28.7 Å². The molecule has 2 rings (SSSR count). The summed E-state index contributed by atoms with van der Waals surface area (Å²) in [5, 5.41) is 2.67. The van der Waals surface area contributed by atoms with E-state index < -0.39 is 5.97 Å². The summed E-state index contributed by atoms with van der Waals surface area (Å²) in [6.07, 6.45) is -0.0529. The molecule has 9 nitrogen and oxygen atoms in total. The number of nitrogens with zero attached hydrogens (tertiary/aromatic N) is 2. The molecule has 0 fully saturated rings. The first-order chi connectivity index (χ1) is 13.4. The van der Waals surface area contributed by atoms with Gasteiger partial charge in [0.1, 0.15) is 12.3 Å². The van der Waals surface area contributed by atoms with Crippen molar-refractivity contribution in [1.29, 1.82) is 0 Å². The van der Waals surface area contributed by atoms with Crippen LogP contribution in [-0.2, 0) is 23.9 Å². The molecule has 1 N–H and O–H groups in total. The molecule has 28 heavy (non-hydrogen) atoms. The fourth-order valence-corrected chi connectivity index (χ4v) is 2.81. The topological polar surface area (TPSA) is 105 Å². The molecule has 0 atom stereocenters. The third kappa shape index (κ3) is 5.21. The normalized spacial score (nSPS) is 12.7. The smallest absolute Gasteiger partial charge is 0.306 e. The molecule has 0 spiro atoms. The molecule has 1 aromatic rings. The van der Waals surface area contributed by atoms with Gasteiger partial charge in [0, 0.05) is 25.2 Å². The molecule has 1 aliphatic rings. The van der Waals surface area contributed by atoms with E-state index in [0.717, 1.165) is 0 Å². The molecule has 9 heteroatoms. The van der Waals surface area contributed by atoms with Crippen LogP contribution in [0.2, 0.25) is 0 Å². The number of benzene rings is 1. The second-order valence-electron chi connectivity index (χ2n) is 6.14. The van der Waals surface area contributed by atoms with E-state index in [-0.39, 0.29) is 43.7 Å². The SMILES string of the molecule is CCN(CC)C(=O)CN1C(=O)COc2ccc(NC(=O)CCC(=O)OC)cc21. The maximum atomic E-state index is 12.4. The van der Waals surface area contributed by atoms with Gasteiger partial charge in [-0.05, 0) is 32.0 Å². The molecular formula is C19H25N3O6. The summed E-state index contributed by atoms with van der Waals surface area (Å²) in [5.74, 6) is -0.875. The van der Waals surface area contributed by atoms with Crippen molar-refractivity contribution >= 4 is 35.1 Å². The molecule has 3 amide bonds. The number of likely N-dealkylation sites (N-methyl/N-ethyl adjacent to an activating group) is 1. The summed E-state index contributed by atoms with van der Waals surface area (Å²) >= 11 is 0. The molecule has 0 aromatic heterocycles. The number of esters is 1. The standard InChI is InChI=1S/C19H25N3O6/c1-4-21(5-2)17(24)11-22-14-10-13(6-7-15(14)28-12-18(22)25)20-16(23)8-9-19(26)27-3/h6-7,10H,4-5,8-9,11-12H2,1-3H3,(H,20,23). The maximum absolute atomic E-state index is 12.4. The van der Waals surface area contributed by atoms with Gasteiger partial charge in [-0.15, -0.1) is 0 Å². The zero-order valence-electron chi connectivity index (χ0n) is 16.3. The third-order valence-electron chi connectivity index (χ3n) is 4.38. The molecule has 1 aromatic carbocycles. The molecule has 1 aliphatic heterocycles. The lowest BCUT2D eigenvalue weighted by Gasteiger charge is -2.31. The number of hydrogen-bond acceptors (Lipinski definition) is 6. The second kappa shape index (κ2) is 9.72. The van der Waals surface area contributed by atoms with E-state index >= 15 is 0 Å². The molecule has 0 saturated heterocycles. The third-order valence-corrected chi connectivity index (χ3v) is 4.38. The van der Waals surface area contributed by atoms with Crippen molar-refractivity contribution in [1.82, 2.24) is 4.90 Å². The lowest BCUT2D eigenvalue weighted by molar-refractivity contribution is -0.141. The van der Waals surface area contributed by atoms with E-state index in [1.165, 1.54) is 12.0 Å². The number of fused-ring (bicyclic) bond motifs is 1. The predicted molar refractivity (Wildman–Crippen MR) is 102 cm³/mol. The molecule has 152 valence electrons. The minimum absolute atomic E-state index is 0.0245. The summed E-state index contributed by atoms with van der Waals surface area (Å²) in [7, 11) is 1.26. The van der Waals surface area contributed by atoms with Crippen LogP contribution in [0.5, 0.6) is 5.75 Å². The monoisotopic (exact) mass is 391 g/mol. The van der Waals surface area contributed by atoms with Gasteiger partial charge in [-0.3, -0.25) is 24.1 Å². The lowest BCUT2D eigenvalue weighted by Crippen LogP contribution is -2.46. The van der Waals surface area contributed by atoms with Crippen molar-refractivity contribution in [3.63, 3.8) is 0 Å². The maximum Gasteiger partial charge on any atom is 0.306 e. The first-order valence-electron chi connectivity index (χ1n) is 9.11. The molecule has 0 unspecified atom stereocenters. The van der Waals surface area contributed by atoms with E-state index in [1.807, 2.05) is 13.8 Å². The molecule has 0 saturated carbocycles. The Balaban J connectivity index is 2.15. The number of rotatable bonds is 8. The van der Waals surface area contributed by atoms with Crippen LogP contribution in [-0.4, -0.2) is 61.9 Å². The number of anilines is 2. The average Bonchev–Trinajstić information content (AvgIpc) is 2.69. The number of nitrogens with one attached hydrogen (secondary N) is 1. The van der Waals surface area contributed by atoms with Crippen LogP contribution >= 0.6 is 0 Å². The van der Waals surface area contributed by atoms with Gasteiger partial charge in [0.05, 0.1) is 19.2 Å². The van der Waals surface area contributed by atoms with Gasteiger partial charge in [0.25, 0.3) is 5.91 Å². The number of carbonyl (C=O) groups excluding carboxylic acids is 4. The highest BCUT2D eigenvalue weighted by Gasteiger charge is 2.29. The number of amides is 3. The highest BCUT2D eigenvalue weighted by Crippen LogP contribution is 2.34. The van der Waals surface area contributed by atoms with Crippen molar-refractivity contribution in [2.75, 3.05) is 43.6 Å². The van der Waals surface area contributed by atoms with Crippen LogP contribution in [0.25, 0.3) is 0 Å². The summed E-state index contributed by atoms with van der Waals surface area (Å²) in [6, 6.07) is 4.85. The van der Waals surface area contributed by atoms with Crippen LogP contribution in [0.4, 0.5) is 11.4 Å². The van der Waals surface area contributed by atoms with E-state index in [1.54, 1.807) is 23.1 Å². The minimum Gasteiger partial charge on any atom is -0.482 e. The summed E-state index contributed by atoms with van der Waals surface area (Å²) in [5.41, 5.74) is 0.856. The minimum atomic E-state index is -0.472. The summed E-state index contributed by atoms with van der Waals surface area (Å²) in [6.45, 7) is 4.60. The largest absolute Gasteiger partial charge is 0.482 e. The highest BCUT2D eigenvalue weighted by atomic mass is 16.5.